The number of carbonyl (C=O) groups excluding carboxylic acids is 1. The van der Waals surface area contributed by atoms with E-state index in [9.17, 15) is 9.90 Å². The number of Topliss-reactive ketones (excluding diaryl/α,β-unsaturated/α-hetero) is 1. The van der Waals surface area contributed by atoms with Gasteiger partial charge in [-0.3, -0.25) is 4.79 Å². The maximum absolute atomic E-state index is 14.1. The van der Waals surface area contributed by atoms with E-state index in [1.165, 1.54) is 11.1 Å². The van der Waals surface area contributed by atoms with Crippen LogP contribution >= 0.6 is 0 Å². The second-order valence-corrected chi connectivity index (χ2v) is 12.1. The molecule has 2 heterocycles. The molecule has 0 amide bonds. The van der Waals surface area contributed by atoms with E-state index < -0.39 is 0 Å². The smallest absolute Gasteiger partial charge is 0.163 e. The number of piperidine rings is 1. The molecular weight excluding hydrogens is 386 g/mol. The van der Waals surface area contributed by atoms with Gasteiger partial charge in [0.1, 0.15) is 0 Å². The number of carbonyl (C=O) groups is 1. The summed E-state index contributed by atoms with van der Waals surface area (Å²) in [7, 11) is 0. The van der Waals surface area contributed by atoms with Crippen LogP contribution in [0.4, 0.5) is 0 Å². The molecule has 2 saturated carbocycles. The van der Waals surface area contributed by atoms with E-state index in [1.807, 2.05) is 0 Å². The fourth-order valence-corrected chi connectivity index (χ4v) is 8.93. The Bertz CT molecular complexity index is 876. The summed E-state index contributed by atoms with van der Waals surface area (Å²) in [6.07, 6.45) is 9.23. The average Bonchev–Trinajstić information content (AvgIpc) is 3.18. The van der Waals surface area contributed by atoms with Crippen LogP contribution < -0.4 is 5.32 Å². The molecule has 170 valence electrons. The van der Waals surface area contributed by atoms with Gasteiger partial charge in [-0.05, 0) is 87.2 Å². The minimum Gasteiger partial charge on any atom is -0.393 e. The van der Waals surface area contributed by atoms with Crippen LogP contribution in [0.5, 0.6) is 0 Å². The van der Waals surface area contributed by atoms with Gasteiger partial charge in [0, 0.05) is 23.5 Å². The van der Waals surface area contributed by atoms with Gasteiger partial charge in [0.2, 0.25) is 0 Å². The number of fused-ring (bicyclic) bond motifs is 6. The predicted molar refractivity (Wildman–Crippen MR) is 120 cm³/mol. The summed E-state index contributed by atoms with van der Waals surface area (Å²) in [4.78, 5) is 14.1. The third-order valence-corrected chi connectivity index (χ3v) is 10.6. The van der Waals surface area contributed by atoms with Gasteiger partial charge in [0.15, 0.2) is 5.78 Å². The molecule has 4 fully saturated rings. The first-order valence-corrected chi connectivity index (χ1v) is 12.8. The second-order valence-electron chi connectivity index (χ2n) is 12.1. The molecule has 6 rings (SSSR count). The SMILES string of the molecule is CC1=C2C(=O)[C@@H]3[C@@H](CC=C4C[C@@H](O)CC[C@@]43C)[C@@H]2CC[C@@]12O[C@@H]1C[C@@H](C)CN[C@@H]1[C@@H]2C. The van der Waals surface area contributed by atoms with Crippen LogP contribution in [0.3, 0.4) is 0 Å². The number of allylic oxidation sites excluding steroid dienone is 2. The van der Waals surface area contributed by atoms with Gasteiger partial charge in [0.05, 0.1) is 17.8 Å². The molecule has 6 aliphatic rings. The molecule has 0 aromatic carbocycles. The first-order chi connectivity index (χ1) is 14.8. The molecule has 4 aliphatic carbocycles. The standard InChI is InChI=1S/C27H39NO3/c1-14-11-21-24(28-13-14)16(3)27(31-21)10-8-19-20-6-5-17-12-18(29)7-9-26(17,4)23(20)25(30)22(19)15(27)2/h5,14,16,18-21,23-24,28-29H,6-13H2,1-4H3/t14-,16+,18+,19+,20+,21-,23+,24-,26+,27-/m1/s1. The first-order valence-electron chi connectivity index (χ1n) is 12.8. The van der Waals surface area contributed by atoms with E-state index in [1.54, 1.807) is 0 Å². The molecule has 0 unspecified atom stereocenters. The number of hydrogen-bond donors (Lipinski definition) is 2. The minimum atomic E-state index is -0.263. The molecule has 4 nitrogen and oxygen atoms in total. The number of ether oxygens (including phenoxy) is 1. The quantitative estimate of drug-likeness (QED) is 0.572. The Labute approximate surface area is 186 Å². The largest absolute Gasteiger partial charge is 0.393 e. The van der Waals surface area contributed by atoms with E-state index in [4.69, 9.17) is 4.74 Å². The maximum atomic E-state index is 14.1. The average molecular weight is 426 g/mol. The van der Waals surface area contributed by atoms with Crippen molar-refractivity contribution in [1.29, 1.82) is 0 Å². The van der Waals surface area contributed by atoms with E-state index in [0.717, 1.165) is 57.1 Å². The Balaban J connectivity index is 1.39. The third-order valence-electron chi connectivity index (χ3n) is 10.6. The lowest BCUT2D eigenvalue weighted by Gasteiger charge is -2.48. The van der Waals surface area contributed by atoms with Crippen LogP contribution in [-0.2, 0) is 9.53 Å². The van der Waals surface area contributed by atoms with Crippen molar-refractivity contribution < 1.29 is 14.6 Å². The number of hydrogen-bond acceptors (Lipinski definition) is 4. The van der Waals surface area contributed by atoms with Gasteiger partial charge in [-0.15, -0.1) is 0 Å². The molecular formula is C27H39NO3. The molecule has 31 heavy (non-hydrogen) atoms. The molecule has 2 N–H and O–H groups in total. The highest BCUT2D eigenvalue weighted by atomic mass is 16.5. The van der Waals surface area contributed by atoms with Crippen molar-refractivity contribution >= 4 is 5.78 Å². The van der Waals surface area contributed by atoms with E-state index in [2.05, 4.69) is 39.1 Å². The van der Waals surface area contributed by atoms with Gasteiger partial charge < -0.3 is 15.2 Å². The zero-order valence-corrected chi connectivity index (χ0v) is 19.6. The third kappa shape index (κ3) is 2.62. The molecule has 0 aromatic heterocycles. The molecule has 0 bridgehead atoms. The molecule has 2 saturated heterocycles. The Morgan fingerprint density at radius 3 is 2.84 bits per heavy atom. The molecule has 0 radical (unpaired) electrons. The fourth-order valence-electron chi connectivity index (χ4n) is 8.93. The summed E-state index contributed by atoms with van der Waals surface area (Å²) >= 11 is 0. The summed E-state index contributed by atoms with van der Waals surface area (Å²) in [6.45, 7) is 10.3. The normalized spacial score (nSPS) is 53.7. The highest BCUT2D eigenvalue weighted by molar-refractivity contribution is 6.02. The van der Waals surface area contributed by atoms with Crippen LogP contribution in [0.2, 0.25) is 0 Å². The van der Waals surface area contributed by atoms with Crippen LogP contribution in [0.15, 0.2) is 22.8 Å². The van der Waals surface area contributed by atoms with Crippen LogP contribution in [0.1, 0.15) is 72.6 Å². The van der Waals surface area contributed by atoms with Crippen LogP contribution in [0, 0.1) is 35.0 Å². The lowest BCUT2D eigenvalue weighted by Crippen LogP contribution is -2.49. The van der Waals surface area contributed by atoms with Gasteiger partial charge in [-0.2, -0.15) is 0 Å². The fraction of sp³-hybridized carbons (Fsp3) is 0.815. The number of aliphatic hydroxyl groups excluding tert-OH is 1. The topological polar surface area (TPSA) is 58.6 Å². The summed E-state index contributed by atoms with van der Waals surface area (Å²) in [5, 5.41) is 14.0. The van der Waals surface area contributed by atoms with E-state index in [-0.39, 0.29) is 29.1 Å². The lowest BCUT2D eigenvalue weighted by molar-refractivity contribution is -0.123. The zero-order valence-electron chi connectivity index (χ0n) is 19.6. The summed E-state index contributed by atoms with van der Waals surface area (Å²) in [5.41, 5.74) is 3.43. The Hall–Kier alpha value is -0.970. The molecule has 4 heteroatoms. The van der Waals surface area contributed by atoms with E-state index >= 15 is 0 Å². The van der Waals surface area contributed by atoms with Crippen molar-refractivity contribution in [3.8, 4) is 0 Å². The van der Waals surface area contributed by atoms with Crippen molar-refractivity contribution in [3.05, 3.63) is 22.8 Å². The monoisotopic (exact) mass is 425 g/mol. The number of nitrogens with one attached hydrogen (secondary N) is 1. The highest BCUT2D eigenvalue weighted by Crippen LogP contribution is 2.63. The summed E-state index contributed by atoms with van der Waals surface area (Å²) in [5.74, 6) is 2.41. The summed E-state index contributed by atoms with van der Waals surface area (Å²) in [6, 6.07) is 0.410. The number of aliphatic hydroxyl groups is 1. The van der Waals surface area contributed by atoms with Crippen LogP contribution in [0.25, 0.3) is 0 Å². The van der Waals surface area contributed by atoms with Gasteiger partial charge >= 0.3 is 0 Å². The second kappa shape index (κ2) is 6.77. The van der Waals surface area contributed by atoms with Gasteiger partial charge in [-0.25, -0.2) is 0 Å². The van der Waals surface area contributed by atoms with Gasteiger partial charge in [-0.1, -0.05) is 32.4 Å². The lowest BCUT2D eigenvalue weighted by atomic mass is 9.56. The molecule has 2 aliphatic heterocycles. The van der Waals surface area contributed by atoms with Crippen molar-refractivity contribution in [2.24, 2.45) is 35.0 Å². The Kier molecular flexibility index (Phi) is 4.51. The van der Waals surface area contributed by atoms with Crippen molar-refractivity contribution in [1.82, 2.24) is 5.32 Å². The molecule has 1 spiro atoms. The Morgan fingerprint density at radius 2 is 2.03 bits per heavy atom. The van der Waals surface area contributed by atoms with Gasteiger partial charge in [0.25, 0.3) is 0 Å². The van der Waals surface area contributed by atoms with Crippen molar-refractivity contribution in [2.45, 2.75) is 96.5 Å². The first kappa shape index (κ1) is 20.6. The van der Waals surface area contributed by atoms with E-state index in [0.29, 0.717) is 35.5 Å². The summed E-state index contributed by atoms with van der Waals surface area (Å²) < 4.78 is 6.93. The predicted octanol–water partition coefficient (Wildman–Crippen LogP) is 4.18. The zero-order chi connectivity index (χ0) is 21.7. The molecule has 10 atom stereocenters. The maximum Gasteiger partial charge on any atom is 0.163 e. The van der Waals surface area contributed by atoms with Crippen molar-refractivity contribution in [3.63, 3.8) is 0 Å². The molecule has 0 aromatic rings. The highest BCUT2D eigenvalue weighted by Gasteiger charge is 2.63. The minimum absolute atomic E-state index is 0.0653. The van der Waals surface area contributed by atoms with Crippen molar-refractivity contribution in [2.75, 3.05) is 6.54 Å². The Morgan fingerprint density at radius 1 is 1.23 bits per heavy atom. The number of rotatable bonds is 0. The van der Waals surface area contributed by atoms with Crippen LogP contribution in [-0.4, -0.2) is 41.3 Å². The number of ketones is 1.